The maximum Gasteiger partial charge on any atom is 0.417 e. The first kappa shape index (κ1) is 17.4. The van der Waals surface area contributed by atoms with Crippen molar-refractivity contribution in [3.63, 3.8) is 0 Å². The van der Waals surface area contributed by atoms with Crippen LogP contribution in [0.3, 0.4) is 0 Å². The topological polar surface area (TPSA) is 46.0 Å². The lowest BCUT2D eigenvalue weighted by Crippen LogP contribution is -2.09. The maximum atomic E-state index is 13.1. The lowest BCUT2D eigenvalue weighted by Gasteiger charge is -2.09. The molecule has 0 atom stereocenters. The molecule has 0 unspecified atom stereocenters. The Kier molecular flexibility index (Phi) is 4.73. The summed E-state index contributed by atoms with van der Waals surface area (Å²) in [6.45, 7) is 0. The van der Waals surface area contributed by atoms with Gasteiger partial charge in [-0.25, -0.2) is 5.10 Å². The van der Waals surface area contributed by atoms with Gasteiger partial charge in [-0.05, 0) is 42.5 Å². The Balaban J connectivity index is 2.03. The molecular formula is C16H10ClF3N4S. The number of nitrogens with one attached hydrogen (secondary N) is 1. The second-order valence-electron chi connectivity index (χ2n) is 5.00. The Bertz CT molecular complexity index is 974. The summed E-state index contributed by atoms with van der Waals surface area (Å²) in [5, 5.41) is 11.3. The summed E-state index contributed by atoms with van der Waals surface area (Å²) in [4.78, 5) is 0. The number of hydrogen-bond acceptors (Lipinski definition) is 3. The maximum absolute atomic E-state index is 13.1. The molecule has 0 saturated carbocycles. The van der Waals surface area contributed by atoms with Crippen LogP contribution in [0.5, 0.6) is 0 Å². The number of hydrogen-bond donors (Lipinski definition) is 1. The fraction of sp³-hybridized carbons (Fsp3) is 0.0625. The summed E-state index contributed by atoms with van der Waals surface area (Å²) in [7, 11) is 0. The Hall–Kier alpha value is -2.45. The molecule has 0 radical (unpaired) electrons. The first-order chi connectivity index (χ1) is 11.9. The predicted octanol–water partition coefficient (Wildman–Crippen LogP) is 5.16. The molecule has 3 aromatic rings. The molecule has 0 fully saturated rings. The number of aromatic nitrogens is 3. The van der Waals surface area contributed by atoms with Crippen molar-refractivity contribution in [1.29, 1.82) is 0 Å². The minimum absolute atomic E-state index is 0.0693. The van der Waals surface area contributed by atoms with E-state index in [1.807, 2.05) is 0 Å². The van der Waals surface area contributed by atoms with E-state index in [0.29, 0.717) is 16.4 Å². The van der Waals surface area contributed by atoms with Crippen molar-refractivity contribution >= 4 is 30.0 Å². The van der Waals surface area contributed by atoms with Crippen LogP contribution < -0.4 is 0 Å². The van der Waals surface area contributed by atoms with Crippen LogP contribution in [-0.4, -0.2) is 21.1 Å². The van der Waals surface area contributed by atoms with Gasteiger partial charge in [-0.2, -0.15) is 28.0 Å². The first-order valence-corrected chi connectivity index (χ1v) is 7.79. The van der Waals surface area contributed by atoms with Crippen LogP contribution in [0.25, 0.3) is 11.4 Å². The van der Waals surface area contributed by atoms with Gasteiger partial charge in [0, 0.05) is 16.1 Å². The van der Waals surface area contributed by atoms with E-state index in [9.17, 15) is 13.2 Å². The van der Waals surface area contributed by atoms with E-state index >= 15 is 0 Å². The molecule has 128 valence electrons. The number of halogens is 4. The molecular weight excluding hydrogens is 373 g/mol. The van der Waals surface area contributed by atoms with Gasteiger partial charge in [0.05, 0.1) is 11.8 Å². The molecule has 0 aliphatic rings. The molecule has 1 N–H and O–H groups in total. The van der Waals surface area contributed by atoms with Crippen LogP contribution in [0.15, 0.2) is 53.6 Å². The van der Waals surface area contributed by atoms with Gasteiger partial charge >= 0.3 is 6.18 Å². The zero-order chi connectivity index (χ0) is 18.0. The van der Waals surface area contributed by atoms with Crippen molar-refractivity contribution < 1.29 is 13.2 Å². The zero-order valence-electron chi connectivity index (χ0n) is 12.5. The molecule has 0 aliphatic carbocycles. The Labute approximate surface area is 150 Å². The van der Waals surface area contributed by atoms with Gasteiger partial charge < -0.3 is 0 Å². The third-order valence-electron chi connectivity index (χ3n) is 3.33. The minimum Gasteiger partial charge on any atom is -0.250 e. The van der Waals surface area contributed by atoms with Crippen molar-refractivity contribution in [2.45, 2.75) is 6.18 Å². The molecule has 25 heavy (non-hydrogen) atoms. The summed E-state index contributed by atoms with van der Waals surface area (Å²) >= 11 is 11.0. The Morgan fingerprint density at radius 1 is 1.12 bits per heavy atom. The second-order valence-corrected chi connectivity index (χ2v) is 5.82. The average Bonchev–Trinajstić information content (AvgIpc) is 2.94. The van der Waals surface area contributed by atoms with Crippen LogP contribution in [0.2, 0.25) is 5.02 Å². The quantitative estimate of drug-likeness (QED) is 0.502. The fourth-order valence-corrected chi connectivity index (χ4v) is 2.48. The molecule has 0 saturated heterocycles. The summed E-state index contributed by atoms with van der Waals surface area (Å²) in [6, 6.07) is 11.9. The predicted molar refractivity (Wildman–Crippen MR) is 92.3 cm³/mol. The zero-order valence-corrected chi connectivity index (χ0v) is 14.0. The largest absolute Gasteiger partial charge is 0.417 e. The molecule has 0 amide bonds. The standard InChI is InChI=1S/C16H10ClF3N4S/c17-12-7-5-10(6-8-12)14-22-23-15(25)24(14)21-9-11-3-1-2-4-13(11)16(18,19)20/h1-9H,(H,23,25)/b21-9-. The number of H-pyrrole nitrogens is 1. The van der Waals surface area contributed by atoms with E-state index in [1.165, 1.54) is 22.9 Å². The van der Waals surface area contributed by atoms with Gasteiger partial charge in [0.15, 0.2) is 5.82 Å². The van der Waals surface area contributed by atoms with Gasteiger partial charge in [0.1, 0.15) is 0 Å². The second kappa shape index (κ2) is 6.81. The number of benzene rings is 2. The Morgan fingerprint density at radius 3 is 2.48 bits per heavy atom. The first-order valence-electron chi connectivity index (χ1n) is 7.00. The summed E-state index contributed by atoms with van der Waals surface area (Å²) in [6.07, 6.45) is -3.37. The molecule has 4 nitrogen and oxygen atoms in total. The van der Waals surface area contributed by atoms with Crippen molar-refractivity contribution in [2.75, 3.05) is 0 Å². The SMILES string of the molecule is FC(F)(F)c1ccccc1/C=N\n1c(-c2ccc(Cl)cc2)n[nH]c1=S. The van der Waals surface area contributed by atoms with Crippen LogP contribution in [-0.2, 0) is 6.18 Å². The van der Waals surface area contributed by atoms with Crippen LogP contribution in [0, 0.1) is 4.77 Å². The molecule has 3 rings (SSSR count). The fourth-order valence-electron chi connectivity index (χ4n) is 2.17. The van der Waals surface area contributed by atoms with Crippen molar-refractivity contribution in [1.82, 2.24) is 14.9 Å². The molecule has 0 spiro atoms. The summed E-state index contributed by atoms with van der Waals surface area (Å²) < 4.78 is 40.6. The monoisotopic (exact) mass is 382 g/mol. The van der Waals surface area contributed by atoms with Crippen molar-refractivity contribution in [2.24, 2.45) is 5.10 Å². The lowest BCUT2D eigenvalue weighted by molar-refractivity contribution is -0.137. The number of aromatic amines is 1. The van der Waals surface area contributed by atoms with Crippen molar-refractivity contribution in [3.8, 4) is 11.4 Å². The Morgan fingerprint density at radius 2 is 1.80 bits per heavy atom. The van der Waals surface area contributed by atoms with Gasteiger partial charge in [-0.3, -0.25) is 0 Å². The number of rotatable bonds is 3. The highest BCUT2D eigenvalue weighted by atomic mass is 35.5. The van der Waals surface area contributed by atoms with E-state index in [4.69, 9.17) is 23.8 Å². The summed E-state index contributed by atoms with van der Waals surface area (Å²) in [5.74, 6) is 0.363. The molecule has 1 heterocycles. The lowest BCUT2D eigenvalue weighted by atomic mass is 10.1. The normalized spacial score (nSPS) is 12.0. The molecule has 0 aliphatic heterocycles. The van der Waals surface area contributed by atoms with Crippen LogP contribution in [0.1, 0.15) is 11.1 Å². The molecule has 2 aromatic carbocycles. The molecule has 1 aromatic heterocycles. The van der Waals surface area contributed by atoms with E-state index in [1.54, 1.807) is 24.3 Å². The van der Waals surface area contributed by atoms with Gasteiger partial charge in [-0.1, -0.05) is 29.8 Å². The average molecular weight is 383 g/mol. The van der Waals surface area contributed by atoms with Gasteiger partial charge in [-0.15, -0.1) is 0 Å². The van der Waals surface area contributed by atoms with Gasteiger partial charge in [0.2, 0.25) is 4.77 Å². The number of alkyl halides is 3. The number of nitrogens with zero attached hydrogens (tertiary/aromatic N) is 3. The highest BCUT2D eigenvalue weighted by Gasteiger charge is 2.32. The van der Waals surface area contributed by atoms with Crippen LogP contribution >= 0.6 is 23.8 Å². The third-order valence-corrected chi connectivity index (χ3v) is 3.85. The van der Waals surface area contributed by atoms with E-state index in [2.05, 4.69) is 15.3 Å². The van der Waals surface area contributed by atoms with Crippen LogP contribution in [0.4, 0.5) is 13.2 Å². The van der Waals surface area contributed by atoms with E-state index in [0.717, 1.165) is 12.3 Å². The highest BCUT2D eigenvalue weighted by Crippen LogP contribution is 2.31. The van der Waals surface area contributed by atoms with Crippen molar-refractivity contribution in [3.05, 3.63) is 69.5 Å². The summed E-state index contributed by atoms with van der Waals surface area (Å²) in [5.41, 5.74) is -0.181. The molecule has 0 bridgehead atoms. The van der Waals surface area contributed by atoms with Gasteiger partial charge in [0.25, 0.3) is 0 Å². The molecule has 9 heteroatoms. The minimum atomic E-state index is -4.47. The third kappa shape index (κ3) is 3.80. The van der Waals surface area contributed by atoms with E-state index in [-0.39, 0.29) is 10.3 Å². The highest BCUT2D eigenvalue weighted by molar-refractivity contribution is 7.71. The smallest absolute Gasteiger partial charge is 0.250 e. The van der Waals surface area contributed by atoms with E-state index < -0.39 is 11.7 Å².